The molecule has 3 nitrogen and oxygen atoms in total. The second kappa shape index (κ2) is 5.02. The molecule has 0 bridgehead atoms. The van der Waals surface area contributed by atoms with Gasteiger partial charge in [-0.25, -0.2) is 4.68 Å². The SMILES string of the molecule is Cc1nn(-c2cccc(Br)c2)c(C)c1CCO. The van der Waals surface area contributed by atoms with E-state index in [1.807, 2.05) is 42.8 Å². The molecule has 0 aliphatic carbocycles. The lowest BCUT2D eigenvalue weighted by molar-refractivity contribution is 0.299. The van der Waals surface area contributed by atoms with Crippen LogP contribution in [0.1, 0.15) is 17.0 Å². The molecule has 2 aromatic rings. The zero-order chi connectivity index (χ0) is 12.4. The van der Waals surface area contributed by atoms with Gasteiger partial charge in [-0.05, 0) is 44.0 Å². The molecule has 2 rings (SSSR count). The van der Waals surface area contributed by atoms with Gasteiger partial charge in [-0.15, -0.1) is 0 Å². The molecule has 0 fully saturated rings. The molecule has 1 aromatic carbocycles. The van der Waals surface area contributed by atoms with Gasteiger partial charge >= 0.3 is 0 Å². The molecule has 1 heterocycles. The number of hydrogen-bond acceptors (Lipinski definition) is 2. The van der Waals surface area contributed by atoms with Crippen molar-refractivity contribution in [3.05, 3.63) is 45.7 Å². The highest BCUT2D eigenvalue weighted by atomic mass is 79.9. The van der Waals surface area contributed by atoms with Crippen molar-refractivity contribution in [3.8, 4) is 5.69 Å². The number of aliphatic hydroxyl groups is 1. The van der Waals surface area contributed by atoms with Crippen LogP contribution >= 0.6 is 15.9 Å². The van der Waals surface area contributed by atoms with Crippen LogP contribution in [0.3, 0.4) is 0 Å². The van der Waals surface area contributed by atoms with Gasteiger partial charge in [0.2, 0.25) is 0 Å². The molecule has 4 heteroatoms. The molecule has 0 unspecified atom stereocenters. The summed E-state index contributed by atoms with van der Waals surface area (Å²) in [7, 11) is 0. The molecular formula is C13H15BrN2O. The fourth-order valence-corrected chi connectivity index (χ4v) is 2.40. The number of benzene rings is 1. The highest BCUT2D eigenvalue weighted by molar-refractivity contribution is 9.10. The molecule has 90 valence electrons. The zero-order valence-corrected chi connectivity index (χ0v) is 11.5. The van der Waals surface area contributed by atoms with Gasteiger partial charge < -0.3 is 5.11 Å². The predicted molar refractivity (Wildman–Crippen MR) is 71.5 cm³/mol. The molecule has 0 saturated heterocycles. The van der Waals surface area contributed by atoms with Gasteiger partial charge in [-0.3, -0.25) is 0 Å². The number of aryl methyl sites for hydroxylation is 1. The van der Waals surface area contributed by atoms with Crippen LogP contribution in [0.4, 0.5) is 0 Å². The van der Waals surface area contributed by atoms with Gasteiger partial charge in [-0.2, -0.15) is 5.10 Å². The number of halogens is 1. The summed E-state index contributed by atoms with van der Waals surface area (Å²) in [5.74, 6) is 0. The molecule has 1 N–H and O–H groups in total. The molecule has 17 heavy (non-hydrogen) atoms. The summed E-state index contributed by atoms with van der Waals surface area (Å²) in [6.07, 6.45) is 0.658. The minimum absolute atomic E-state index is 0.159. The third-order valence-corrected chi connectivity index (χ3v) is 3.35. The highest BCUT2D eigenvalue weighted by Crippen LogP contribution is 2.20. The Labute approximate surface area is 109 Å². The monoisotopic (exact) mass is 294 g/mol. The van der Waals surface area contributed by atoms with Crippen molar-refractivity contribution >= 4 is 15.9 Å². The van der Waals surface area contributed by atoms with Gasteiger partial charge in [-0.1, -0.05) is 22.0 Å². The lowest BCUT2D eigenvalue weighted by atomic mass is 10.1. The first kappa shape index (κ1) is 12.3. The number of hydrogen-bond donors (Lipinski definition) is 1. The second-order valence-electron chi connectivity index (χ2n) is 4.01. The summed E-state index contributed by atoms with van der Waals surface area (Å²) in [5.41, 5.74) is 4.24. The molecule has 0 aliphatic rings. The first-order valence-electron chi connectivity index (χ1n) is 5.55. The van der Waals surface area contributed by atoms with E-state index in [1.165, 1.54) is 0 Å². The average Bonchev–Trinajstić information content (AvgIpc) is 2.57. The maximum absolute atomic E-state index is 9.05. The lowest BCUT2D eigenvalue weighted by Crippen LogP contribution is -2.00. The summed E-state index contributed by atoms with van der Waals surface area (Å²) in [6.45, 7) is 4.17. The van der Waals surface area contributed by atoms with E-state index in [9.17, 15) is 0 Å². The highest BCUT2D eigenvalue weighted by Gasteiger charge is 2.12. The maximum atomic E-state index is 9.05. The molecule has 0 spiro atoms. The molecule has 0 atom stereocenters. The molecule has 0 saturated carbocycles. The van der Waals surface area contributed by atoms with Crippen molar-refractivity contribution in [3.63, 3.8) is 0 Å². The molecule has 0 radical (unpaired) electrons. The molecular weight excluding hydrogens is 280 g/mol. The number of aromatic nitrogens is 2. The lowest BCUT2D eigenvalue weighted by Gasteiger charge is -2.05. The molecule has 1 aromatic heterocycles. The Bertz CT molecular complexity index is 534. The second-order valence-corrected chi connectivity index (χ2v) is 4.93. The number of nitrogens with zero attached hydrogens (tertiary/aromatic N) is 2. The number of aliphatic hydroxyl groups excluding tert-OH is 1. The third-order valence-electron chi connectivity index (χ3n) is 2.86. The van der Waals surface area contributed by atoms with Crippen molar-refractivity contribution in [1.82, 2.24) is 9.78 Å². The van der Waals surface area contributed by atoms with Crippen LogP contribution in [0.25, 0.3) is 5.69 Å². The number of rotatable bonds is 3. The van der Waals surface area contributed by atoms with Gasteiger partial charge in [0.1, 0.15) is 0 Å². The van der Waals surface area contributed by atoms with Crippen molar-refractivity contribution < 1.29 is 5.11 Å². The van der Waals surface area contributed by atoms with Crippen LogP contribution in [0.15, 0.2) is 28.7 Å². The Balaban J connectivity index is 2.50. The summed E-state index contributed by atoms with van der Waals surface area (Å²) in [5, 5.41) is 13.6. The van der Waals surface area contributed by atoms with Crippen LogP contribution < -0.4 is 0 Å². The zero-order valence-electron chi connectivity index (χ0n) is 9.94. The Morgan fingerprint density at radius 1 is 1.35 bits per heavy atom. The molecule has 0 amide bonds. The van der Waals surface area contributed by atoms with E-state index in [0.29, 0.717) is 6.42 Å². The van der Waals surface area contributed by atoms with E-state index < -0.39 is 0 Å². The van der Waals surface area contributed by atoms with E-state index in [4.69, 9.17) is 5.11 Å². The first-order chi connectivity index (χ1) is 8.13. The van der Waals surface area contributed by atoms with Gasteiger partial charge in [0.25, 0.3) is 0 Å². The Hall–Kier alpha value is -1.13. The summed E-state index contributed by atoms with van der Waals surface area (Å²) < 4.78 is 2.96. The predicted octanol–water partition coefficient (Wildman–Crippen LogP) is 2.79. The van der Waals surface area contributed by atoms with Crippen molar-refractivity contribution in [2.45, 2.75) is 20.3 Å². The minimum Gasteiger partial charge on any atom is -0.396 e. The van der Waals surface area contributed by atoms with E-state index in [-0.39, 0.29) is 6.61 Å². The normalized spacial score (nSPS) is 10.8. The van der Waals surface area contributed by atoms with Crippen LogP contribution in [-0.2, 0) is 6.42 Å². The average molecular weight is 295 g/mol. The third kappa shape index (κ3) is 2.42. The van der Waals surface area contributed by atoms with Crippen LogP contribution in [-0.4, -0.2) is 21.5 Å². The van der Waals surface area contributed by atoms with Crippen LogP contribution in [0.2, 0.25) is 0 Å². The Kier molecular flexibility index (Phi) is 3.64. The summed E-state index contributed by atoms with van der Waals surface area (Å²) in [4.78, 5) is 0. The van der Waals surface area contributed by atoms with E-state index in [1.54, 1.807) is 0 Å². The minimum atomic E-state index is 0.159. The summed E-state index contributed by atoms with van der Waals surface area (Å²) in [6, 6.07) is 8.03. The van der Waals surface area contributed by atoms with E-state index in [2.05, 4.69) is 21.0 Å². The first-order valence-corrected chi connectivity index (χ1v) is 6.34. The van der Waals surface area contributed by atoms with Gasteiger partial charge in [0.05, 0.1) is 11.4 Å². The summed E-state index contributed by atoms with van der Waals surface area (Å²) >= 11 is 3.46. The standard InChI is InChI=1S/C13H15BrN2O/c1-9-13(6-7-17)10(2)16(15-9)12-5-3-4-11(14)8-12/h3-5,8,17H,6-7H2,1-2H3. The largest absolute Gasteiger partial charge is 0.396 e. The maximum Gasteiger partial charge on any atom is 0.0660 e. The Morgan fingerprint density at radius 3 is 2.76 bits per heavy atom. The van der Waals surface area contributed by atoms with Crippen molar-refractivity contribution in [1.29, 1.82) is 0 Å². The topological polar surface area (TPSA) is 38.0 Å². The van der Waals surface area contributed by atoms with E-state index in [0.717, 1.165) is 27.1 Å². The Morgan fingerprint density at radius 2 is 2.12 bits per heavy atom. The fraction of sp³-hybridized carbons (Fsp3) is 0.308. The quantitative estimate of drug-likeness (QED) is 0.945. The van der Waals surface area contributed by atoms with Crippen molar-refractivity contribution in [2.24, 2.45) is 0 Å². The van der Waals surface area contributed by atoms with Crippen LogP contribution in [0, 0.1) is 13.8 Å². The smallest absolute Gasteiger partial charge is 0.0660 e. The fourth-order valence-electron chi connectivity index (χ4n) is 2.01. The van der Waals surface area contributed by atoms with Crippen LogP contribution in [0.5, 0.6) is 0 Å². The van der Waals surface area contributed by atoms with Crippen molar-refractivity contribution in [2.75, 3.05) is 6.61 Å². The van der Waals surface area contributed by atoms with Gasteiger partial charge in [0.15, 0.2) is 0 Å². The molecule has 0 aliphatic heterocycles. The van der Waals surface area contributed by atoms with E-state index >= 15 is 0 Å². The van der Waals surface area contributed by atoms with Gasteiger partial charge in [0, 0.05) is 16.8 Å².